The van der Waals surface area contributed by atoms with Crippen molar-refractivity contribution in [2.45, 2.75) is 6.92 Å². The summed E-state index contributed by atoms with van der Waals surface area (Å²) in [4.78, 5) is 24.4. The highest BCUT2D eigenvalue weighted by Gasteiger charge is 2.18. The van der Waals surface area contributed by atoms with Crippen LogP contribution in [0, 0.1) is 6.92 Å². The zero-order valence-corrected chi connectivity index (χ0v) is 11.6. The number of nitrogens with one attached hydrogen (secondary N) is 1. The van der Waals surface area contributed by atoms with Crippen LogP contribution in [0.25, 0.3) is 0 Å². The molecule has 2 aromatic carbocycles. The van der Waals surface area contributed by atoms with Gasteiger partial charge in [-0.2, -0.15) is 0 Å². The molecule has 0 bridgehead atoms. The number of para-hydroxylation sites is 1. The zero-order valence-electron chi connectivity index (χ0n) is 11.6. The number of carbonyl (C=O) groups is 2. The Morgan fingerprint density at radius 2 is 1.67 bits per heavy atom. The van der Waals surface area contributed by atoms with Crippen LogP contribution in [0.3, 0.4) is 0 Å². The van der Waals surface area contributed by atoms with E-state index >= 15 is 0 Å². The quantitative estimate of drug-likeness (QED) is 0.906. The lowest BCUT2D eigenvalue weighted by Crippen LogP contribution is -2.38. The standard InChI is InChI=1S/C16H16N2O3/c1-12-7-9-13(10-8-12)17-16(21)18(11-15(19)20)14-5-3-2-4-6-14/h2-10H,11H2,1H3,(H,17,21)(H,19,20). The van der Waals surface area contributed by atoms with E-state index in [-0.39, 0.29) is 0 Å². The fourth-order valence-electron chi connectivity index (χ4n) is 1.85. The molecule has 0 aliphatic heterocycles. The summed E-state index contributed by atoms with van der Waals surface area (Å²) in [6.07, 6.45) is 0. The molecule has 21 heavy (non-hydrogen) atoms. The van der Waals surface area contributed by atoms with E-state index in [2.05, 4.69) is 5.32 Å². The molecule has 5 heteroatoms. The van der Waals surface area contributed by atoms with Crippen molar-refractivity contribution >= 4 is 23.4 Å². The van der Waals surface area contributed by atoms with Crippen LogP contribution >= 0.6 is 0 Å². The smallest absolute Gasteiger partial charge is 0.326 e. The van der Waals surface area contributed by atoms with Gasteiger partial charge in [-0.05, 0) is 31.2 Å². The SMILES string of the molecule is Cc1ccc(NC(=O)N(CC(=O)O)c2ccccc2)cc1. The van der Waals surface area contributed by atoms with Gasteiger partial charge in [0.2, 0.25) is 0 Å². The molecular formula is C16H16N2O3. The van der Waals surface area contributed by atoms with Gasteiger partial charge in [0.15, 0.2) is 0 Å². The molecule has 0 aliphatic carbocycles. The third-order valence-electron chi connectivity index (χ3n) is 2.91. The number of hydrogen-bond acceptors (Lipinski definition) is 2. The van der Waals surface area contributed by atoms with Crippen LogP contribution in [0.5, 0.6) is 0 Å². The molecule has 2 amide bonds. The first-order valence-electron chi connectivity index (χ1n) is 6.48. The van der Waals surface area contributed by atoms with E-state index in [0.717, 1.165) is 5.56 Å². The van der Waals surface area contributed by atoms with Gasteiger partial charge in [-0.3, -0.25) is 9.69 Å². The maximum Gasteiger partial charge on any atom is 0.326 e. The first kappa shape index (κ1) is 14.6. The van der Waals surface area contributed by atoms with Crippen LogP contribution in [0.4, 0.5) is 16.2 Å². The summed E-state index contributed by atoms with van der Waals surface area (Å²) >= 11 is 0. The highest BCUT2D eigenvalue weighted by Crippen LogP contribution is 2.16. The average Bonchev–Trinajstić information content (AvgIpc) is 2.48. The molecule has 5 nitrogen and oxygen atoms in total. The van der Waals surface area contributed by atoms with Gasteiger partial charge in [-0.15, -0.1) is 0 Å². The van der Waals surface area contributed by atoms with Crippen LogP contribution in [0.2, 0.25) is 0 Å². The highest BCUT2D eigenvalue weighted by molar-refractivity contribution is 6.04. The number of benzene rings is 2. The van der Waals surface area contributed by atoms with Crippen molar-refractivity contribution in [3.8, 4) is 0 Å². The molecule has 0 saturated heterocycles. The van der Waals surface area contributed by atoms with E-state index in [1.807, 2.05) is 19.1 Å². The monoisotopic (exact) mass is 284 g/mol. The lowest BCUT2D eigenvalue weighted by Gasteiger charge is -2.21. The van der Waals surface area contributed by atoms with Crippen LogP contribution < -0.4 is 10.2 Å². The molecule has 0 spiro atoms. The third kappa shape index (κ3) is 4.07. The second-order valence-corrected chi connectivity index (χ2v) is 4.61. The molecule has 0 atom stereocenters. The normalized spacial score (nSPS) is 9.95. The summed E-state index contributed by atoms with van der Waals surface area (Å²) in [5.74, 6) is -1.07. The van der Waals surface area contributed by atoms with E-state index in [9.17, 15) is 9.59 Å². The minimum Gasteiger partial charge on any atom is -0.480 e. The summed E-state index contributed by atoms with van der Waals surface area (Å²) in [5, 5.41) is 11.7. The molecule has 0 aliphatic rings. The van der Waals surface area contributed by atoms with Crippen molar-refractivity contribution in [2.24, 2.45) is 0 Å². The maximum absolute atomic E-state index is 12.3. The molecule has 0 heterocycles. The Hall–Kier alpha value is -2.82. The first-order valence-corrected chi connectivity index (χ1v) is 6.48. The van der Waals surface area contributed by atoms with E-state index in [4.69, 9.17) is 5.11 Å². The van der Waals surface area contributed by atoms with Crippen LogP contribution in [-0.2, 0) is 4.79 Å². The van der Waals surface area contributed by atoms with E-state index in [1.54, 1.807) is 42.5 Å². The Kier molecular flexibility index (Phi) is 4.56. The number of nitrogens with zero attached hydrogens (tertiary/aromatic N) is 1. The highest BCUT2D eigenvalue weighted by atomic mass is 16.4. The predicted octanol–water partition coefficient (Wildman–Crippen LogP) is 3.12. The number of carboxylic acids is 1. The van der Waals surface area contributed by atoms with Gasteiger partial charge in [0.1, 0.15) is 6.54 Å². The van der Waals surface area contributed by atoms with Crippen molar-refractivity contribution in [3.05, 3.63) is 60.2 Å². The molecule has 0 saturated carbocycles. The molecule has 2 rings (SSSR count). The van der Waals surface area contributed by atoms with Crippen molar-refractivity contribution in [1.29, 1.82) is 0 Å². The van der Waals surface area contributed by atoms with E-state index in [0.29, 0.717) is 11.4 Å². The minimum absolute atomic E-state index is 0.401. The summed E-state index contributed by atoms with van der Waals surface area (Å²) in [5.41, 5.74) is 2.24. The van der Waals surface area contributed by atoms with Gasteiger partial charge in [0.25, 0.3) is 0 Å². The molecule has 0 unspecified atom stereocenters. The Labute approximate surface area is 122 Å². The fraction of sp³-hybridized carbons (Fsp3) is 0.125. The number of aliphatic carboxylic acids is 1. The Morgan fingerprint density at radius 1 is 1.05 bits per heavy atom. The molecule has 2 N–H and O–H groups in total. The molecule has 0 radical (unpaired) electrons. The van der Waals surface area contributed by atoms with Crippen molar-refractivity contribution in [3.63, 3.8) is 0 Å². The second kappa shape index (κ2) is 6.56. The van der Waals surface area contributed by atoms with Crippen molar-refractivity contribution in [1.82, 2.24) is 0 Å². The maximum atomic E-state index is 12.3. The molecule has 0 fully saturated rings. The Balaban J connectivity index is 2.18. The average molecular weight is 284 g/mol. The van der Waals surface area contributed by atoms with Crippen molar-refractivity contribution < 1.29 is 14.7 Å². The van der Waals surface area contributed by atoms with E-state index < -0.39 is 18.5 Å². The minimum atomic E-state index is -1.07. The number of aryl methyl sites for hydroxylation is 1. The van der Waals surface area contributed by atoms with Gasteiger partial charge >= 0.3 is 12.0 Å². The number of urea groups is 1. The number of anilines is 2. The fourth-order valence-corrected chi connectivity index (χ4v) is 1.85. The van der Waals surface area contributed by atoms with Gasteiger partial charge in [0.05, 0.1) is 0 Å². The number of carboxylic acid groups (broad SMARTS) is 1. The second-order valence-electron chi connectivity index (χ2n) is 4.61. The predicted molar refractivity (Wildman–Crippen MR) is 81.6 cm³/mol. The largest absolute Gasteiger partial charge is 0.480 e. The number of carbonyl (C=O) groups excluding carboxylic acids is 1. The van der Waals surface area contributed by atoms with Gasteiger partial charge in [-0.1, -0.05) is 35.9 Å². The van der Waals surface area contributed by atoms with Gasteiger partial charge < -0.3 is 10.4 Å². The summed E-state index contributed by atoms with van der Waals surface area (Å²) < 4.78 is 0. The Morgan fingerprint density at radius 3 is 2.24 bits per heavy atom. The lowest BCUT2D eigenvalue weighted by molar-refractivity contribution is -0.135. The number of rotatable bonds is 4. The van der Waals surface area contributed by atoms with Crippen LogP contribution in [-0.4, -0.2) is 23.7 Å². The summed E-state index contributed by atoms with van der Waals surface area (Å²) in [7, 11) is 0. The topological polar surface area (TPSA) is 69.6 Å². The molecule has 2 aromatic rings. The van der Waals surface area contributed by atoms with Gasteiger partial charge in [0, 0.05) is 11.4 Å². The van der Waals surface area contributed by atoms with Gasteiger partial charge in [-0.25, -0.2) is 4.79 Å². The third-order valence-corrected chi connectivity index (χ3v) is 2.91. The Bertz CT molecular complexity index is 624. The summed E-state index contributed by atoms with van der Waals surface area (Å²) in [6.45, 7) is 1.55. The molecule has 0 aromatic heterocycles. The van der Waals surface area contributed by atoms with Crippen LogP contribution in [0.1, 0.15) is 5.56 Å². The number of amides is 2. The first-order chi connectivity index (χ1) is 10.1. The lowest BCUT2D eigenvalue weighted by atomic mass is 10.2. The van der Waals surface area contributed by atoms with E-state index in [1.165, 1.54) is 4.90 Å². The molecule has 108 valence electrons. The summed E-state index contributed by atoms with van der Waals surface area (Å²) in [6, 6.07) is 15.5. The molecular weight excluding hydrogens is 268 g/mol. The zero-order chi connectivity index (χ0) is 15.2. The number of hydrogen-bond donors (Lipinski definition) is 2. The van der Waals surface area contributed by atoms with Crippen molar-refractivity contribution in [2.75, 3.05) is 16.8 Å². The van der Waals surface area contributed by atoms with Crippen LogP contribution in [0.15, 0.2) is 54.6 Å².